The highest BCUT2D eigenvalue weighted by Gasteiger charge is 2.25. The second-order valence-electron chi connectivity index (χ2n) is 5.47. The van der Waals surface area contributed by atoms with Gasteiger partial charge in [-0.1, -0.05) is 24.3 Å². The molecule has 9 heteroatoms. The highest BCUT2D eigenvalue weighted by atomic mass is 19.3. The van der Waals surface area contributed by atoms with Crippen molar-refractivity contribution in [2.45, 2.75) is 20.1 Å². The molecule has 0 bridgehead atoms. The highest BCUT2D eigenvalue weighted by Crippen LogP contribution is 2.26. The first-order chi connectivity index (χ1) is 12.4. The number of nitrogens with zero attached hydrogens (tertiary/aromatic N) is 3. The molecule has 3 rings (SSSR count). The largest absolute Gasteiger partial charge is 0.454 e. The minimum atomic E-state index is -2.87. The van der Waals surface area contributed by atoms with Crippen LogP contribution in [0.1, 0.15) is 28.3 Å². The van der Waals surface area contributed by atoms with Crippen molar-refractivity contribution in [1.29, 1.82) is 0 Å². The van der Waals surface area contributed by atoms with E-state index in [0.29, 0.717) is 15.6 Å². The quantitative estimate of drug-likeness (QED) is 0.389. The minimum absolute atomic E-state index is 0.148. The summed E-state index contributed by atoms with van der Waals surface area (Å²) in [5.74, 6) is -1.13. The molecule has 0 amide bonds. The van der Waals surface area contributed by atoms with Crippen molar-refractivity contribution in [2.75, 3.05) is 0 Å². The summed E-state index contributed by atoms with van der Waals surface area (Å²) in [5, 5.41) is 11.2. The average Bonchev–Trinajstić information content (AvgIpc) is 2.97. The number of aryl methyl sites for hydroxylation is 1. The Balaban J connectivity index is 1.90. The number of alkyl halides is 2. The summed E-state index contributed by atoms with van der Waals surface area (Å²) in [6, 6.07) is 10.5. The van der Waals surface area contributed by atoms with E-state index < -0.39 is 24.0 Å². The maximum Gasteiger partial charge on any atom is 0.345 e. The zero-order valence-corrected chi connectivity index (χ0v) is 13.6. The number of para-hydroxylation sites is 3. The monoisotopic (exact) mass is 361 g/mol. The van der Waals surface area contributed by atoms with Crippen LogP contribution >= 0.6 is 0 Å². The molecule has 7 nitrogen and oxygen atoms in total. The van der Waals surface area contributed by atoms with Gasteiger partial charge in [-0.2, -0.15) is 8.78 Å². The number of aromatic nitrogens is 2. The van der Waals surface area contributed by atoms with Crippen LogP contribution in [0.2, 0.25) is 0 Å². The Labute approximate surface area is 146 Å². The zero-order valence-electron chi connectivity index (χ0n) is 13.6. The molecule has 0 fully saturated rings. The van der Waals surface area contributed by atoms with E-state index in [9.17, 15) is 23.7 Å². The molecule has 0 saturated carbocycles. The molecule has 0 spiro atoms. The zero-order chi connectivity index (χ0) is 18.8. The molecule has 1 aromatic heterocycles. The van der Waals surface area contributed by atoms with Crippen LogP contribution in [0.4, 0.5) is 14.5 Å². The van der Waals surface area contributed by atoms with Crippen LogP contribution in [0.25, 0.3) is 11.0 Å². The Morgan fingerprint density at radius 3 is 2.69 bits per heavy atom. The van der Waals surface area contributed by atoms with Gasteiger partial charge in [-0.3, -0.25) is 14.7 Å². The van der Waals surface area contributed by atoms with Crippen LogP contribution in [-0.4, -0.2) is 20.4 Å². The smallest absolute Gasteiger partial charge is 0.345 e. The number of halogens is 2. The molecule has 134 valence electrons. The van der Waals surface area contributed by atoms with Crippen molar-refractivity contribution in [3.63, 3.8) is 0 Å². The first-order valence-corrected chi connectivity index (χ1v) is 7.55. The van der Waals surface area contributed by atoms with Gasteiger partial charge < -0.3 is 4.74 Å². The van der Waals surface area contributed by atoms with Crippen molar-refractivity contribution in [3.8, 4) is 0 Å². The van der Waals surface area contributed by atoms with Gasteiger partial charge in [0.2, 0.25) is 0 Å². The van der Waals surface area contributed by atoms with E-state index in [1.165, 1.54) is 31.2 Å². The van der Waals surface area contributed by atoms with Crippen molar-refractivity contribution in [1.82, 2.24) is 9.55 Å². The van der Waals surface area contributed by atoms with E-state index in [1.807, 2.05) is 0 Å². The number of ether oxygens (including phenoxy) is 1. The van der Waals surface area contributed by atoms with Crippen molar-refractivity contribution in [2.24, 2.45) is 0 Å². The third kappa shape index (κ3) is 3.10. The maximum atomic E-state index is 13.4. The Bertz CT molecular complexity index is 1000. The SMILES string of the molecule is Cc1cccc(C(=O)OCc2nc3ccccc3n2C(F)F)c1[N+](=O)[O-]. The number of nitro benzene ring substituents is 1. The average molecular weight is 361 g/mol. The molecule has 0 N–H and O–H groups in total. The van der Waals surface area contributed by atoms with E-state index in [1.54, 1.807) is 18.2 Å². The second kappa shape index (κ2) is 6.87. The van der Waals surface area contributed by atoms with Gasteiger partial charge in [0.1, 0.15) is 12.2 Å². The lowest BCUT2D eigenvalue weighted by atomic mass is 10.1. The molecule has 0 radical (unpaired) electrons. The van der Waals surface area contributed by atoms with Gasteiger partial charge in [-0.15, -0.1) is 0 Å². The first-order valence-electron chi connectivity index (χ1n) is 7.55. The fraction of sp³-hybridized carbons (Fsp3) is 0.176. The fourth-order valence-electron chi connectivity index (χ4n) is 2.69. The van der Waals surface area contributed by atoms with Gasteiger partial charge in [0.25, 0.3) is 5.69 Å². The molecule has 0 atom stereocenters. The fourth-order valence-corrected chi connectivity index (χ4v) is 2.69. The predicted molar refractivity (Wildman–Crippen MR) is 87.9 cm³/mol. The van der Waals surface area contributed by atoms with Crippen LogP contribution in [0, 0.1) is 17.0 Å². The molecule has 0 unspecified atom stereocenters. The molecule has 26 heavy (non-hydrogen) atoms. The number of hydrogen-bond acceptors (Lipinski definition) is 5. The number of nitro groups is 1. The Kier molecular flexibility index (Phi) is 4.61. The second-order valence-corrected chi connectivity index (χ2v) is 5.47. The van der Waals surface area contributed by atoms with Gasteiger partial charge in [-0.05, 0) is 25.1 Å². The van der Waals surface area contributed by atoms with Gasteiger partial charge in [-0.25, -0.2) is 9.78 Å². The lowest BCUT2D eigenvalue weighted by Gasteiger charge is -2.09. The van der Waals surface area contributed by atoms with Crippen LogP contribution in [0.3, 0.4) is 0 Å². The van der Waals surface area contributed by atoms with Crippen LogP contribution in [0.5, 0.6) is 0 Å². The number of rotatable bonds is 5. The topological polar surface area (TPSA) is 87.3 Å². The molecule has 0 aliphatic rings. The third-order valence-corrected chi connectivity index (χ3v) is 3.84. The third-order valence-electron chi connectivity index (χ3n) is 3.84. The number of carbonyl (C=O) groups is 1. The molecule has 2 aromatic carbocycles. The molecular weight excluding hydrogens is 348 g/mol. The number of fused-ring (bicyclic) bond motifs is 1. The Morgan fingerprint density at radius 2 is 2.00 bits per heavy atom. The molecule has 1 heterocycles. The molecule has 0 aliphatic carbocycles. The van der Waals surface area contributed by atoms with Crippen molar-refractivity contribution in [3.05, 3.63) is 69.5 Å². The number of esters is 1. The number of benzene rings is 2. The van der Waals surface area contributed by atoms with E-state index in [-0.39, 0.29) is 22.6 Å². The molecule has 3 aromatic rings. The number of hydrogen-bond donors (Lipinski definition) is 0. The standard InChI is InChI=1S/C17H13F2N3O4/c1-10-5-4-6-11(15(10)22(24)25)16(23)26-9-14-20-12-7-2-3-8-13(12)21(14)17(18)19/h2-8,17H,9H2,1H3. The lowest BCUT2D eigenvalue weighted by Crippen LogP contribution is -2.12. The van der Waals surface area contributed by atoms with Crippen molar-refractivity contribution >= 4 is 22.7 Å². The summed E-state index contributed by atoms with van der Waals surface area (Å²) < 4.78 is 32.4. The Hall–Kier alpha value is -3.36. The van der Waals surface area contributed by atoms with Crippen molar-refractivity contribution < 1.29 is 23.2 Å². The van der Waals surface area contributed by atoms with E-state index in [4.69, 9.17) is 4.74 Å². The highest BCUT2D eigenvalue weighted by molar-refractivity contribution is 5.94. The van der Waals surface area contributed by atoms with E-state index in [2.05, 4.69) is 4.98 Å². The Morgan fingerprint density at radius 1 is 1.27 bits per heavy atom. The summed E-state index contributed by atoms with van der Waals surface area (Å²) in [5.41, 5.74) is 0.217. The minimum Gasteiger partial charge on any atom is -0.454 e. The summed E-state index contributed by atoms with van der Waals surface area (Å²) >= 11 is 0. The van der Waals surface area contributed by atoms with Gasteiger partial charge in [0, 0.05) is 5.56 Å². The van der Waals surface area contributed by atoms with Gasteiger partial charge >= 0.3 is 12.5 Å². The normalized spacial score (nSPS) is 11.1. The van der Waals surface area contributed by atoms with Crippen LogP contribution in [-0.2, 0) is 11.3 Å². The number of carbonyl (C=O) groups excluding carboxylic acids is 1. The summed E-state index contributed by atoms with van der Waals surface area (Å²) in [4.78, 5) is 26.8. The van der Waals surface area contributed by atoms with E-state index in [0.717, 1.165) is 0 Å². The van der Waals surface area contributed by atoms with E-state index >= 15 is 0 Å². The molecular formula is C17H13F2N3O4. The maximum absolute atomic E-state index is 13.4. The summed E-state index contributed by atoms with van der Waals surface area (Å²) in [7, 11) is 0. The first kappa shape index (κ1) is 17.5. The van der Waals surface area contributed by atoms with Crippen LogP contribution < -0.4 is 0 Å². The van der Waals surface area contributed by atoms with Gasteiger partial charge in [0.15, 0.2) is 5.82 Å². The van der Waals surface area contributed by atoms with Gasteiger partial charge in [0.05, 0.1) is 16.0 Å². The lowest BCUT2D eigenvalue weighted by molar-refractivity contribution is -0.385. The number of imidazole rings is 1. The van der Waals surface area contributed by atoms with Crippen LogP contribution in [0.15, 0.2) is 42.5 Å². The predicted octanol–water partition coefficient (Wildman–Crippen LogP) is 4.01. The summed E-state index contributed by atoms with van der Waals surface area (Å²) in [6.45, 7) is -1.92. The molecule has 0 aliphatic heterocycles. The summed E-state index contributed by atoms with van der Waals surface area (Å²) in [6.07, 6.45) is 0. The molecule has 0 saturated heterocycles.